The van der Waals surface area contributed by atoms with E-state index in [0.717, 1.165) is 6.42 Å². The van der Waals surface area contributed by atoms with Gasteiger partial charge in [-0.25, -0.2) is 0 Å². The summed E-state index contributed by atoms with van der Waals surface area (Å²) >= 11 is 11.9. The van der Waals surface area contributed by atoms with Crippen molar-refractivity contribution in [2.75, 3.05) is 0 Å². The van der Waals surface area contributed by atoms with Crippen molar-refractivity contribution in [1.82, 2.24) is 9.78 Å². The van der Waals surface area contributed by atoms with Gasteiger partial charge in [-0.15, -0.1) is 0 Å². The molecule has 5 heteroatoms. The Bertz CT molecular complexity index is 578. The summed E-state index contributed by atoms with van der Waals surface area (Å²) in [4.78, 5) is 12.4. The maximum atomic E-state index is 12.4. The van der Waals surface area contributed by atoms with Crippen molar-refractivity contribution in [1.29, 1.82) is 0 Å². The minimum atomic E-state index is -0.159. The van der Waals surface area contributed by atoms with Crippen LogP contribution in [0.2, 0.25) is 10.0 Å². The molecule has 1 aromatic carbocycles. The van der Waals surface area contributed by atoms with Crippen molar-refractivity contribution in [3.05, 3.63) is 51.8 Å². The van der Waals surface area contributed by atoms with E-state index in [1.807, 2.05) is 6.92 Å². The van der Waals surface area contributed by atoms with Crippen molar-refractivity contribution < 1.29 is 4.79 Å². The van der Waals surface area contributed by atoms with Gasteiger partial charge in [-0.3, -0.25) is 9.48 Å². The molecule has 0 N–H and O–H groups in total. The normalized spacial score (nSPS) is 10.6. The van der Waals surface area contributed by atoms with Crippen LogP contribution in [0.15, 0.2) is 30.5 Å². The number of hydrogen-bond donors (Lipinski definition) is 0. The first-order chi connectivity index (χ1) is 8.63. The van der Waals surface area contributed by atoms with E-state index in [-0.39, 0.29) is 5.78 Å². The lowest BCUT2D eigenvalue weighted by Gasteiger charge is -2.06. The van der Waals surface area contributed by atoms with E-state index in [0.29, 0.717) is 27.8 Å². The Morgan fingerprint density at radius 2 is 2.17 bits per heavy atom. The Morgan fingerprint density at radius 1 is 1.39 bits per heavy atom. The van der Waals surface area contributed by atoms with Gasteiger partial charge in [-0.05, 0) is 18.6 Å². The van der Waals surface area contributed by atoms with Crippen LogP contribution < -0.4 is 0 Å². The number of halogens is 2. The fraction of sp³-hybridized carbons (Fsp3) is 0.231. The van der Waals surface area contributed by atoms with Gasteiger partial charge in [0.2, 0.25) is 5.78 Å². The molecule has 0 atom stereocenters. The second-order valence-corrected chi connectivity index (χ2v) is 4.75. The van der Waals surface area contributed by atoms with E-state index in [1.165, 1.54) is 6.20 Å². The van der Waals surface area contributed by atoms with Crippen molar-refractivity contribution in [2.45, 2.75) is 19.9 Å². The summed E-state index contributed by atoms with van der Waals surface area (Å²) in [6.45, 7) is 2.68. The summed E-state index contributed by atoms with van der Waals surface area (Å²) in [5.74, 6) is -0.159. The van der Waals surface area contributed by atoms with Gasteiger partial charge in [0.25, 0.3) is 0 Å². The molecule has 0 aliphatic rings. The highest BCUT2D eigenvalue weighted by Crippen LogP contribution is 2.21. The molecule has 0 aliphatic heterocycles. The van der Waals surface area contributed by atoms with Crippen molar-refractivity contribution in [3.8, 4) is 0 Å². The number of aromatic nitrogens is 2. The van der Waals surface area contributed by atoms with E-state index in [1.54, 1.807) is 28.9 Å². The molecule has 0 saturated heterocycles. The molecule has 94 valence electrons. The minimum Gasteiger partial charge on any atom is -0.287 e. The molecule has 0 spiro atoms. The molecular weight excluding hydrogens is 271 g/mol. The summed E-state index contributed by atoms with van der Waals surface area (Å²) in [5, 5.41) is 5.00. The van der Waals surface area contributed by atoms with Crippen LogP contribution in [0.25, 0.3) is 0 Å². The van der Waals surface area contributed by atoms with Crippen LogP contribution in [0.4, 0.5) is 0 Å². The number of carbonyl (C=O) groups is 1. The Hall–Kier alpha value is -1.32. The minimum absolute atomic E-state index is 0.159. The Labute approximate surface area is 115 Å². The molecule has 0 saturated carbocycles. The van der Waals surface area contributed by atoms with E-state index in [4.69, 9.17) is 23.2 Å². The van der Waals surface area contributed by atoms with E-state index in [9.17, 15) is 4.79 Å². The van der Waals surface area contributed by atoms with Gasteiger partial charge in [-0.1, -0.05) is 42.3 Å². The maximum Gasteiger partial charge on any atom is 0.212 e. The first-order valence-electron chi connectivity index (χ1n) is 5.65. The molecule has 0 bridgehead atoms. The van der Waals surface area contributed by atoms with E-state index >= 15 is 0 Å². The number of aryl methyl sites for hydroxylation is 1. The van der Waals surface area contributed by atoms with Crippen LogP contribution in [0.3, 0.4) is 0 Å². The molecule has 2 rings (SSSR count). The standard InChI is InChI=1S/C13H12Cl2N2O/c1-2-6-17-12(11(15)8-16-17)13(18)9-4-3-5-10(14)7-9/h3-5,7-8H,2,6H2,1H3. The summed E-state index contributed by atoms with van der Waals surface area (Å²) in [5.41, 5.74) is 0.933. The number of benzene rings is 1. The van der Waals surface area contributed by atoms with Gasteiger partial charge in [0.05, 0.1) is 11.2 Å². The third-order valence-corrected chi connectivity index (χ3v) is 3.04. The SMILES string of the molecule is CCCn1ncc(Cl)c1C(=O)c1cccc(Cl)c1. The summed E-state index contributed by atoms with van der Waals surface area (Å²) in [6.07, 6.45) is 2.38. The number of rotatable bonds is 4. The van der Waals surface area contributed by atoms with Crippen molar-refractivity contribution >= 4 is 29.0 Å². The van der Waals surface area contributed by atoms with Crippen molar-refractivity contribution in [3.63, 3.8) is 0 Å². The lowest BCUT2D eigenvalue weighted by Crippen LogP contribution is -2.12. The molecular formula is C13H12Cl2N2O. The monoisotopic (exact) mass is 282 g/mol. The molecule has 18 heavy (non-hydrogen) atoms. The molecule has 0 radical (unpaired) electrons. The van der Waals surface area contributed by atoms with Crippen LogP contribution in [-0.4, -0.2) is 15.6 Å². The zero-order chi connectivity index (χ0) is 13.1. The first-order valence-corrected chi connectivity index (χ1v) is 6.40. The topological polar surface area (TPSA) is 34.9 Å². The number of hydrogen-bond acceptors (Lipinski definition) is 2. The van der Waals surface area contributed by atoms with Crippen LogP contribution in [0.1, 0.15) is 29.4 Å². The zero-order valence-electron chi connectivity index (χ0n) is 9.86. The second-order valence-electron chi connectivity index (χ2n) is 3.90. The van der Waals surface area contributed by atoms with Gasteiger partial charge in [0.15, 0.2) is 0 Å². The van der Waals surface area contributed by atoms with Crippen LogP contribution in [0.5, 0.6) is 0 Å². The molecule has 1 heterocycles. The third kappa shape index (κ3) is 2.57. The molecule has 0 unspecified atom stereocenters. The number of nitrogens with zero attached hydrogens (tertiary/aromatic N) is 2. The van der Waals surface area contributed by atoms with Gasteiger partial charge < -0.3 is 0 Å². The predicted octanol–water partition coefficient (Wildman–Crippen LogP) is 3.83. The predicted molar refractivity (Wildman–Crippen MR) is 72.4 cm³/mol. The van der Waals surface area contributed by atoms with Gasteiger partial charge in [0.1, 0.15) is 5.69 Å². The highest BCUT2D eigenvalue weighted by atomic mass is 35.5. The molecule has 0 aliphatic carbocycles. The average molecular weight is 283 g/mol. The first kappa shape index (κ1) is 13.1. The van der Waals surface area contributed by atoms with Gasteiger partial charge in [-0.2, -0.15) is 5.10 Å². The van der Waals surface area contributed by atoms with Crippen LogP contribution >= 0.6 is 23.2 Å². The Kier molecular flexibility index (Phi) is 4.04. The Balaban J connectivity index is 2.42. The fourth-order valence-corrected chi connectivity index (χ4v) is 2.15. The molecule has 2 aromatic rings. The number of ketones is 1. The fourth-order valence-electron chi connectivity index (χ4n) is 1.74. The van der Waals surface area contributed by atoms with Gasteiger partial charge in [0, 0.05) is 17.1 Å². The van der Waals surface area contributed by atoms with Crippen LogP contribution in [0, 0.1) is 0 Å². The van der Waals surface area contributed by atoms with Crippen LogP contribution in [-0.2, 0) is 6.54 Å². The maximum absolute atomic E-state index is 12.4. The smallest absolute Gasteiger partial charge is 0.212 e. The average Bonchev–Trinajstić information content (AvgIpc) is 2.70. The molecule has 1 aromatic heterocycles. The highest BCUT2D eigenvalue weighted by molar-refractivity contribution is 6.35. The largest absolute Gasteiger partial charge is 0.287 e. The summed E-state index contributed by atoms with van der Waals surface area (Å²) in [6, 6.07) is 6.81. The summed E-state index contributed by atoms with van der Waals surface area (Å²) < 4.78 is 1.63. The lowest BCUT2D eigenvalue weighted by atomic mass is 10.1. The number of carbonyl (C=O) groups excluding carboxylic acids is 1. The van der Waals surface area contributed by atoms with Gasteiger partial charge >= 0.3 is 0 Å². The second kappa shape index (κ2) is 5.55. The lowest BCUT2D eigenvalue weighted by molar-refractivity contribution is 0.102. The molecule has 0 amide bonds. The third-order valence-electron chi connectivity index (χ3n) is 2.53. The zero-order valence-corrected chi connectivity index (χ0v) is 11.4. The summed E-state index contributed by atoms with van der Waals surface area (Å²) in [7, 11) is 0. The molecule has 0 fully saturated rings. The van der Waals surface area contributed by atoms with E-state index < -0.39 is 0 Å². The van der Waals surface area contributed by atoms with E-state index in [2.05, 4.69) is 5.10 Å². The highest BCUT2D eigenvalue weighted by Gasteiger charge is 2.18. The van der Waals surface area contributed by atoms with Crippen molar-refractivity contribution in [2.24, 2.45) is 0 Å². The quantitative estimate of drug-likeness (QED) is 0.799. The molecule has 3 nitrogen and oxygen atoms in total. The Morgan fingerprint density at radius 3 is 2.83 bits per heavy atom.